The zero-order chi connectivity index (χ0) is 20.1. The lowest BCUT2D eigenvalue weighted by Crippen LogP contribution is -2.30. The van der Waals surface area contributed by atoms with Crippen LogP contribution in [-0.4, -0.2) is 10.9 Å². The number of hydrogen-bond donors (Lipinski definition) is 0. The molecule has 3 heterocycles. The van der Waals surface area contributed by atoms with E-state index in [1.54, 1.807) is 12.1 Å². The smallest absolute Gasteiger partial charge is 0.296 e. The molecule has 4 aromatic rings. The number of hydrogen-bond acceptors (Lipinski definition) is 4. The molecule has 5 nitrogen and oxygen atoms in total. The molecule has 0 aliphatic carbocycles. The Bertz CT molecular complexity index is 1320. The van der Waals surface area contributed by atoms with Crippen LogP contribution in [0.4, 0.5) is 10.2 Å². The van der Waals surface area contributed by atoms with E-state index < -0.39 is 23.2 Å². The first-order valence-corrected chi connectivity index (χ1v) is 9.19. The molecule has 142 valence electrons. The summed E-state index contributed by atoms with van der Waals surface area (Å²) in [7, 11) is 0. The van der Waals surface area contributed by atoms with Gasteiger partial charge in [0.15, 0.2) is 5.43 Å². The van der Waals surface area contributed by atoms with Gasteiger partial charge in [-0.05, 0) is 35.9 Å². The van der Waals surface area contributed by atoms with Crippen LogP contribution in [-0.2, 0) is 0 Å². The van der Waals surface area contributed by atoms with E-state index in [9.17, 15) is 14.0 Å². The molecule has 0 spiro atoms. The summed E-state index contributed by atoms with van der Waals surface area (Å²) in [6.07, 6.45) is 1.43. The molecule has 0 saturated carbocycles. The number of carbonyl (C=O) groups excluding carboxylic acids is 1. The fraction of sp³-hybridized carbons (Fsp3) is 0.0455. The van der Waals surface area contributed by atoms with Crippen molar-refractivity contribution in [1.29, 1.82) is 0 Å². The topological polar surface area (TPSA) is 63.4 Å². The molecule has 0 radical (unpaired) electrons. The minimum Gasteiger partial charge on any atom is -0.450 e. The van der Waals surface area contributed by atoms with Crippen LogP contribution in [0.3, 0.4) is 0 Å². The molecule has 7 heteroatoms. The number of halogens is 2. The number of aromatic nitrogens is 1. The van der Waals surface area contributed by atoms with Crippen LogP contribution >= 0.6 is 11.6 Å². The van der Waals surface area contributed by atoms with Crippen molar-refractivity contribution in [2.45, 2.75) is 6.04 Å². The average Bonchev–Trinajstić information content (AvgIpc) is 3.03. The number of pyridine rings is 1. The molecule has 0 fully saturated rings. The van der Waals surface area contributed by atoms with Gasteiger partial charge >= 0.3 is 0 Å². The van der Waals surface area contributed by atoms with Crippen LogP contribution in [0.5, 0.6) is 0 Å². The van der Waals surface area contributed by atoms with Crippen molar-refractivity contribution in [2.24, 2.45) is 0 Å². The first-order chi connectivity index (χ1) is 14.0. The molecule has 0 unspecified atom stereocenters. The quantitative estimate of drug-likeness (QED) is 0.482. The van der Waals surface area contributed by atoms with Crippen molar-refractivity contribution in [3.8, 4) is 0 Å². The van der Waals surface area contributed by atoms with Gasteiger partial charge in [0.05, 0.1) is 22.0 Å². The fourth-order valence-electron chi connectivity index (χ4n) is 3.64. The normalized spacial score (nSPS) is 15.7. The molecular formula is C22H12ClFN2O3. The fourth-order valence-corrected chi connectivity index (χ4v) is 3.75. The number of anilines is 1. The maximum absolute atomic E-state index is 13.8. The van der Waals surface area contributed by atoms with Crippen molar-refractivity contribution in [2.75, 3.05) is 4.90 Å². The van der Waals surface area contributed by atoms with Crippen LogP contribution in [0.25, 0.3) is 11.0 Å². The summed E-state index contributed by atoms with van der Waals surface area (Å²) in [5.41, 5.74) is 0.580. The van der Waals surface area contributed by atoms with Crippen molar-refractivity contribution in [1.82, 2.24) is 4.98 Å². The largest absolute Gasteiger partial charge is 0.450 e. The standard InChI is InChI=1S/C22H12ClFN2O3/c23-13-6-9-17(25-11-13)26-19(12-4-2-1-3-5-12)18-20(27)15-10-14(24)7-8-16(15)29-21(18)22(26)28/h1-11,19H/t19-/m1/s1. The summed E-state index contributed by atoms with van der Waals surface area (Å²) in [6, 6.07) is 15.2. The Kier molecular flexibility index (Phi) is 3.96. The minimum absolute atomic E-state index is 0.0697. The lowest BCUT2D eigenvalue weighted by Gasteiger charge is -2.24. The van der Waals surface area contributed by atoms with Crippen LogP contribution in [0.15, 0.2) is 76.1 Å². The minimum atomic E-state index is -0.753. The van der Waals surface area contributed by atoms with Gasteiger partial charge in [-0.25, -0.2) is 9.37 Å². The Labute approximate surface area is 169 Å². The number of rotatable bonds is 2. The highest BCUT2D eigenvalue weighted by atomic mass is 35.5. The third-order valence-corrected chi connectivity index (χ3v) is 5.13. The van der Waals surface area contributed by atoms with Crippen molar-refractivity contribution in [3.05, 3.63) is 105 Å². The summed E-state index contributed by atoms with van der Waals surface area (Å²) < 4.78 is 19.5. The summed E-state index contributed by atoms with van der Waals surface area (Å²) in [5, 5.41) is 0.507. The maximum Gasteiger partial charge on any atom is 0.296 e. The van der Waals surface area contributed by atoms with Crippen molar-refractivity contribution < 1.29 is 13.6 Å². The number of amides is 1. The molecule has 1 amide bonds. The van der Waals surface area contributed by atoms with E-state index in [-0.39, 0.29) is 22.3 Å². The molecule has 1 aliphatic heterocycles. The second-order valence-electron chi connectivity index (χ2n) is 6.64. The third-order valence-electron chi connectivity index (χ3n) is 4.91. The molecule has 2 aromatic heterocycles. The Morgan fingerprint density at radius 3 is 2.55 bits per heavy atom. The van der Waals surface area contributed by atoms with Crippen LogP contribution < -0.4 is 10.3 Å². The zero-order valence-corrected chi connectivity index (χ0v) is 15.6. The van der Waals surface area contributed by atoms with E-state index in [1.807, 2.05) is 30.3 Å². The summed E-state index contributed by atoms with van der Waals surface area (Å²) >= 11 is 5.94. The van der Waals surface area contributed by atoms with Gasteiger partial charge in [-0.2, -0.15) is 0 Å². The highest BCUT2D eigenvalue weighted by molar-refractivity contribution is 6.30. The molecule has 29 heavy (non-hydrogen) atoms. The van der Waals surface area contributed by atoms with E-state index in [4.69, 9.17) is 16.0 Å². The molecule has 1 atom stereocenters. The number of fused-ring (bicyclic) bond motifs is 2. The van der Waals surface area contributed by atoms with E-state index >= 15 is 0 Å². The zero-order valence-electron chi connectivity index (χ0n) is 14.8. The van der Waals surface area contributed by atoms with Gasteiger partial charge in [0.2, 0.25) is 5.76 Å². The average molecular weight is 407 g/mol. The van der Waals surface area contributed by atoms with Crippen LogP contribution in [0, 0.1) is 5.82 Å². The highest BCUT2D eigenvalue weighted by Gasteiger charge is 2.44. The van der Waals surface area contributed by atoms with E-state index in [1.165, 1.54) is 23.2 Å². The predicted octanol–water partition coefficient (Wildman–Crippen LogP) is 4.73. The predicted molar refractivity (Wildman–Crippen MR) is 107 cm³/mol. The summed E-state index contributed by atoms with van der Waals surface area (Å²) in [5.74, 6) is -0.789. The van der Waals surface area contributed by atoms with Gasteiger partial charge in [0.1, 0.15) is 17.2 Å². The molecule has 2 aromatic carbocycles. The Morgan fingerprint density at radius 1 is 1.03 bits per heavy atom. The Balaban J connectivity index is 1.82. The summed E-state index contributed by atoms with van der Waals surface area (Å²) in [6.45, 7) is 0. The van der Waals surface area contributed by atoms with Gasteiger partial charge in [-0.3, -0.25) is 14.5 Å². The van der Waals surface area contributed by atoms with Gasteiger partial charge in [-0.15, -0.1) is 0 Å². The van der Waals surface area contributed by atoms with E-state index in [0.29, 0.717) is 16.4 Å². The van der Waals surface area contributed by atoms with Crippen LogP contribution in [0.1, 0.15) is 27.7 Å². The number of nitrogens with zero attached hydrogens (tertiary/aromatic N) is 2. The molecule has 0 bridgehead atoms. The molecule has 1 aliphatic rings. The second-order valence-corrected chi connectivity index (χ2v) is 7.07. The lowest BCUT2D eigenvalue weighted by atomic mass is 9.98. The van der Waals surface area contributed by atoms with Crippen LogP contribution in [0.2, 0.25) is 5.02 Å². The summed E-state index contributed by atoms with van der Waals surface area (Å²) in [4.78, 5) is 32.2. The SMILES string of the molecule is O=C1c2oc3ccc(F)cc3c(=O)c2[C@@H](c2ccccc2)N1c1ccc(Cl)cn1. The van der Waals surface area contributed by atoms with E-state index in [0.717, 1.165) is 6.07 Å². The number of benzene rings is 2. The molecule has 0 saturated heterocycles. The Morgan fingerprint density at radius 2 is 1.83 bits per heavy atom. The molecular weight excluding hydrogens is 395 g/mol. The lowest BCUT2D eigenvalue weighted by molar-refractivity contribution is 0.0970. The number of carbonyl (C=O) groups is 1. The van der Waals surface area contributed by atoms with Gasteiger partial charge in [0.25, 0.3) is 5.91 Å². The highest BCUT2D eigenvalue weighted by Crippen LogP contribution is 2.40. The van der Waals surface area contributed by atoms with E-state index in [2.05, 4.69) is 4.98 Å². The monoisotopic (exact) mass is 406 g/mol. The van der Waals surface area contributed by atoms with Crippen molar-refractivity contribution >= 4 is 34.3 Å². The molecule has 5 rings (SSSR count). The van der Waals surface area contributed by atoms with Gasteiger partial charge < -0.3 is 4.42 Å². The second kappa shape index (κ2) is 6.53. The third kappa shape index (κ3) is 2.72. The first-order valence-electron chi connectivity index (χ1n) is 8.81. The maximum atomic E-state index is 13.8. The first kappa shape index (κ1) is 17.6. The molecule has 0 N–H and O–H groups in total. The van der Waals surface area contributed by atoms with Gasteiger partial charge in [0, 0.05) is 6.20 Å². The van der Waals surface area contributed by atoms with Gasteiger partial charge in [-0.1, -0.05) is 41.9 Å². The Hall–Kier alpha value is -3.51. The van der Waals surface area contributed by atoms with Crippen molar-refractivity contribution in [3.63, 3.8) is 0 Å².